The molecule has 0 aliphatic heterocycles. The summed E-state index contributed by atoms with van der Waals surface area (Å²) in [6.45, 7) is 3.86. The molecule has 4 nitrogen and oxygen atoms in total. The lowest BCUT2D eigenvalue weighted by molar-refractivity contribution is -0.113. The van der Waals surface area contributed by atoms with Crippen LogP contribution >= 0.6 is 34.5 Å². The normalized spacial score (nSPS) is 10.4. The van der Waals surface area contributed by atoms with Crippen LogP contribution in [-0.2, 0) is 9.53 Å². The summed E-state index contributed by atoms with van der Waals surface area (Å²) in [6, 6.07) is 7.15. The number of nitrogens with one attached hydrogen (secondary N) is 1. The van der Waals surface area contributed by atoms with Gasteiger partial charge in [0.25, 0.3) is 0 Å². The van der Waals surface area contributed by atoms with Crippen molar-refractivity contribution in [2.45, 2.75) is 13.8 Å². The minimum absolute atomic E-state index is 0.185. The first-order chi connectivity index (χ1) is 11.0. The van der Waals surface area contributed by atoms with E-state index < -0.39 is 5.97 Å². The molecule has 0 bridgehead atoms. The van der Waals surface area contributed by atoms with Gasteiger partial charge in [-0.1, -0.05) is 23.7 Å². The molecule has 0 saturated carbocycles. The van der Waals surface area contributed by atoms with Crippen molar-refractivity contribution in [2.24, 2.45) is 0 Å². The number of thiophene rings is 1. The Kier molecular flexibility index (Phi) is 6.04. The third-order valence-corrected chi connectivity index (χ3v) is 4.59. The van der Waals surface area contributed by atoms with Gasteiger partial charge in [-0.2, -0.15) is 0 Å². The quantitative estimate of drug-likeness (QED) is 0.610. The number of esters is 1. The number of ether oxygens (including phenoxy) is 1. The molecule has 1 aromatic carbocycles. The number of alkyl halides is 1. The average molecular weight is 372 g/mol. The van der Waals surface area contributed by atoms with Crippen LogP contribution in [0.15, 0.2) is 24.3 Å². The predicted octanol–water partition coefficient (Wildman–Crippen LogP) is 4.73. The van der Waals surface area contributed by atoms with E-state index in [1.807, 2.05) is 19.1 Å². The van der Waals surface area contributed by atoms with Gasteiger partial charge in [-0.3, -0.25) is 4.79 Å². The maximum absolute atomic E-state index is 12.4. The summed E-state index contributed by atoms with van der Waals surface area (Å²) < 4.78 is 5.14. The second-order valence-electron chi connectivity index (χ2n) is 4.65. The monoisotopic (exact) mass is 371 g/mol. The van der Waals surface area contributed by atoms with E-state index in [2.05, 4.69) is 5.32 Å². The van der Waals surface area contributed by atoms with E-state index in [4.69, 9.17) is 27.9 Å². The molecular weight excluding hydrogens is 357 g/mol. The first-order valence-corrected chi connectivity index (χ1v) is 8.63. The van der Waals surface area contributed by atoms with Gasteiger partial charge in [0.1, 0.15) is 16.4 Å². The molecule has 23 heavy (non-hydrogen) atoms. The largest absolute Gasteiger partial charge is 0.462 e. The van der Waals surface area contributed by atoms with Crippen molar-refractivity contribution in [1.29, 1.82) is 0 Å². The molecular formula is C16H15Cl2NO3S. The molecule has 0 spiro atoms. The molecule has 122 valence electrons. The zero-order valence-corrected chi connectivity index (χ0v) is 14.9. The Balaban J connectivity index is 2.57. The third kappa shape index (κ3) is 4.05. The maximum Gasteiger partial charge on any atom is 0.341 e. The van der Waals surface area contributed by atoms with Crippen LogP contribution < -0.4 is 5.32 Å². The lowest BCUT2D eigenvalue weighted by Crippen LogP contribution is -2.15. The highest BCUT2D eigenvalue weighted by molar-refractivity contribution is 7.17. The molecule has 7 heteroatoms. The van der Waals surface area contributed by atoms with Gasteiger partial charge in [-0.05, 0) is 31.5 Å². The fourth-order valence-electron chi connectivity index (χ4n) is 2.15. The number of anilines is 1. The minimum Gasteiger partial charge on any atom is -0.462 e. The Morgan fingerprint density at radius 1 is 1.26 bits per heavy atom. The zero-order chi connectivity index (χ0) is 17.0. The fraction of sp³-hybridized carbons (Fsp3) is 0.250. The lowest BCUT2D eigenvalue weighted by atomic mass is 10.0. The van der Waals surface area contributed by atoms with Crippen LogP contribution in [-0.4, -0.2) is 24.4 Å². The highest BCUT2D eigenvalue weighted by Crippen LogP contribution is 2.40. The summed E-state index contributed by atoms with van der Waals surface area (Å²) in [5.74, 6) is -1.04. The van der Waals surface area contributed by atoms with Gasteiger partial charge in [0.2, 0.25) is 5.91 Å². The number of benzene rings is 1. The molecule has 0 atom stereocenters. The molecule has 0 aliphatic rings. The summed E-state index contributed by atoms with van der Waals surface area (Å²) >= 11 is 12.8. The molecule has 0 unspecified atom stereocenters. The molecule has 1 N–H and O–H groups in total. The van der Waals surface area contributed by atoms with Crippen LogP contribution in [0.25, 0.3) is 11.1 Å². The predicted molar refractivity (Wildman–Crippen MR) is 94.8 cm³/mol. The highest BCUT2D eigenvalue weighted by Gasteiger charge is 2.25. The second kappa shape index (κ2) is 7.81. The van der Waals surface area contributed by atoms with Crippen molar-refractivity contribution in [3.8, 4) is 11.1 Å². The van der Waals surface area contributed by atoms with E-state index in [0.717, 1.165) is 16.0 Å². The van der Waals surface area contributed by atoms with Crippen LogP contribution in [0.3, 0.4) is 0 Å². The van der Waals surface area contributed by atoms with Gasteiger partial charge in [-0.15, -0.1) is 22.9 Å². The number of amides is 1. The van der Waals surface area contributed by atoms with Crippen LogP contribution in [0.2, 0.25) is 5.02 Å². The minimum atomic E-state index is -0.480. The van der Waals surface area contributed by atoms with Crippen LogP contribution in [0.1, 0.15) is 22.2 Å². The molecule has 1 aromatic heterocycles. The Bertz CT molecular complexity index is 726. The Labute approximate surface area is 148 Å². The average Bonchev–Trinajstić information content (AvgIpc) is 2.84. The number of hydrogen-bond acceptors (Lipinski definition) is 4. The molecule has 0 aliphatic carbocycles. The smallest absolute Gasteiger partial charge is 0.341 e. The SMILES string of the molecule is CCOC(=O)c1c(NC(=O)CCl)sc(C)c1-c1ccc(Cl)cc1. The van der Waals surface area contributed by atoms with Gasteiger partial charge in [0.05, 0.1) is 6.61 Å². The van der Waals surface area contributed by atoms with Crippen molar-refractivity contribution in [3.05, 3.63) is 39.7 Å². The van der Waals surface area contributed by atoms with Crippen molar-refractivity contribution >= 4 is 51.4 Å². The molecule has 1 heterocycles. The first-order valence-electron chi connectivity index (χ1n) is 6.90. The van der Waals surface area contributed by atoms with Crippen molar-refractivity contribution < 1.29 is 14.3 Å². The highest BCUT2D eigenvalue weighted by atomic mass is 35.5. The Hall–Kier alpha value is -1.56. The number of rotatable bonds is 5. The molecule has 1 amide bonds. The summed E-state index contributed by atoms with van der Waals surface area (Å²) in [6.07, 6.45) is 0. The zero-order valence-electron chi connectivity index (χ0n) is 12.6. The summed E-state index contributed by atoms with van der Waals surface area (Å²) in [7, 11) is 0. The third-order valence-electron chi connectivity index (χ3n) is 3.07. The summed E-state index contributed by atoms with van der Waals surface area (Å²) in [5, 5.41) is 3.71. The number of carbonyl (C=O) groups is 2. The van der Waals surface area contributed by atoms with Crippen LogP contribution in [0.4, 0.5) is 5.00 Å². The standard InChI is InChI=1S/C16H15Cl2NO3S/c1-3-22-16(21)14-13(10-4-6-11(18)7-5-10)9(2)23-15(14)19-12(20)8-17/h4-7H,3,8H2,1-2H3,(H,19,20). The van der Waals surface area contributed by atoms with Crippen LogP contribution in [0.5, 0.6) is 0 Å². The first kappa shape index (κ1) is 17.8. The summed E-state index contributed by atoms with van der Waals surface area (Å²) in [5.41, 5.74) is 1.91. The Morgan fingerprint density at radius 3 is 2.48 bits per heavy atom. The summed E-state index contributed by atoms with van der Waals surface area (Å²) in [4.78, 5) is 24.9. The van der Waals surface area contributed by atoms with E-state index in [1.165, 1.54) is 11.3 Å². The molecule has 2 aromatic rings. The topological polar surface area (TPSA) is 55.4 Å². The number of aryl methyl sites for hydroxylation is 1. The molecule has 0 fully saturated rings. The van der Waals surface area contributed by atoms with Gasteiger partial charge >= 0.3 is 5.97 Å². The number of hydrogen-bond donors (Lipinski definition) is 1. The number of halogens is 2. The second-order valence-corrected chi connectivity index (χ2v) is 6.57. The van der Waals surface area contributed by atoms with Gasteiger partial charge in [-0.25, -0.2) is 4.79 Å². The van der Waals surface area contributed by atoms with Crippen molar-refractivity contribution in [1.82, 2.24) is 0 Å². The fourth-order valence-corrected chi connectivity index (χ4v) is 3.43. The van der Waals surface area contributed by atoms with E-state index in [9.17, 15) is 9.59 Å². The van der Waals surface area contributed by atoms with E-state index in [1.54, 1.807) is 19.1 Å². The van der Waals surface area contributed by atoms with Crippen LogP contribution in [0, 0.1) is 6.92 Å². The van der Waals surface area contributed by atoms with Gasteiger partial charge in [0.15, 0.2) is 0 Å². The Morgan fingerprint density at radius 2 is 1.91 bits per heavy atom. The van der Waals surface area contributed by atoms with Crippen molar-refractivity contribution in [2.75, 3.05) is 17.8 Å². The van der Waals surface area contributed by atoms with Gasteiger partial charge in [0, 0.05) is 15.5 Å². The van der Waals surface area contributed by atoms with E-state index >= 15 is 0 Å². The van der Waals surface area contributed by atoms with Crippen molar-refractivity contribution in [3.63, 3.8) is 0 Å². The maximum atomic E-state index is 12.4. The lowest BCUT2D eigenvalue weighted by Gasteiger charge is -2.08. The molecule has 0 saturated heterocycles. The van der Waals surface area contributed by atoms with Gasteiger partial charge < -0.3 is 10.1 Å². The van der Waals surface area contributed by atoms with E-state index in [-0.39, 0.29) is 18.4 Å². The molecule has 0 radical (unpaired) electrons. The van der Waals surface area contributed by atoms with E-state index in [0.29, 0.717) is 15.6 Å². The number of carbonyl (C=O) groups excluding carboxylic acids is 2. The molecule has 2 rings (SSSR count).